The van der Waals surface area contributed by atoms with Crippen LogP contribution in [0.15, 0.2) is 36.9 Å². The number of alkyl halides is 3. The molecule has 128 valence electrons. The lowest BCUT2D eigenvalue weighted by atomic mass is 10.2. The molecule has 25 heavy (non-hydrogen) atoms. The molecular weight excluding hydrogens is 335 g/mol. The van der Waals surface area contributed by atoms with Gasteiger partial charge in [-0.1, -0.05) is 0 Å². The van der Waals surface area contributed by atoms with E-state index in [2.05, 4.69) is 30.4 Å². The van der Waals surface area contributed by atoms with E-state index < -0.39 is 12.2 Å². The number of aromatic amines is 1. The van der Waals surface area contributed by atoms with E-state index in [-0.39, 0.29) is 5.95 Å². The fraction of sp³-hybridized carbons (Fsp3) is 0.200. The van der Waals surface area contributed by atoms with Crippen LogP contribution in [0.25, 0.3) is 27.9 Å². The van der Waals surface area contributed by atoms with Crippen LogP contribution in [-0.2, 0) is 0 Å². The van der Waals surface area contributed by atoms with Crippen molar-refractivity contribution in [3.63, 3.8) is 0 Å². The van der Waals surface area contributed by atoms with E-state index in [0.29, 0.717) is 22.4 Å². The van der Waals surface area contributed by atoms with Crippen LogP contribution >= 0.6 is 0 Å². The lowest BCUT2D eigenvalue weighted by Crippen LogP contribution is -2.33. The molecule has 0 fully saturated rings. The largest absolute Gasteiger partial charge is 0.408 e. The number of H-pyrrole nitrogens is 1. The molecule has 0 radical (unpaired) electrons. The summed E-state index contributed by atoms with van der Waals surface area (Å²) in [6.45, 7) is 1.01. The Kier molecular flexibility index (Phi) is 3.34. The number of nitrogens with zero attached hydrogens (tertiary/aromatic N) is 5. The van der Waals surface area contributed by atoms with Gasteiger partial charge in [-0.05, 0) is 13.0 Å². The minimum atomic E-state index is -4.37. The summed E-state index contributed by atoms with van der Waals surface area (Å²) in [7, 11) is 0. The molecule has 4 heterocycles. The normalized spacial score (nSPS) is 13.4. The maximum atomic E-state index is 12.6. The molecule has 7 nitrogen and oxygen atoms in total. The van der Waals surface area contributed by atoms with Crippen LogP contribution in [0.4, 0.5) is 19.1 Å². The SMILES string of the molecule is C[C@H](Nc1ncc2c(-c3ccn4nccc4n3)c[nH]c2n1)C(F)(F)F. The van der Waals surface area contributed by atoms with Crippen molar-refractivity contribution in [2.24, 2.45) is 0 Å². The van der Waals surface area contributed by atoms with Gasteiger partial charge >= 0.3 is 6.18 Å². The molecule has 4 rings (SSSR count). The Morgan fingerprint density at radius 2 is 2.08 bits per heavy atom. The number of hydrogen-bond acceptors (Lipinski definition) is 5. The van der Waals surface area contributed by atoms with Crippen LogP contribution in [0.1, 0.15) is 6.92 Å². The van der Waals surface area contributed by atoms with Gasteiger partial charge in [0.25, 0.3) is 0 Å². The molecule has 0 aliphatic rings. The van der Waals surface area contributed by atoms with Gasteiger partial charge in [0, 0.05) is 35.6 Å². The van der Waals surface area contributed by atoms with Crippen LogP contribution in [0.2, 0.25) is 0 Å². The van der Waals surface area contributed by atoms with E-state index in [4.69, 9.17) is 0 Å². The van der Waals surface area contributed by atoms with E-state index >= 15 is 0 Å². The summed E-state index contributed by atoms with van der Waals surface area (Å²) in [5.41, 5.74) is 2.56. The molecule has 0 amide bonds. The van der Waals surface area contributed by atoms with Gasteiger partial charge in [-0.15, -0.1) is 0 Å². The molecule has 0 saturated heterocycles. The summed E-state index contributed by atoms with van der Waals surface area (Å²) < 4.78 is 39.5. The Labute approximate surface area is 138 Å². The summed E-state index contributed by atoms with van der Waals surface area (Å²) >= 11 is 0. The van der Waals surface area contributed by atoms with Crippen molar-refractivity contribution >= 4 is 22.6 Å². The molecule has 1 atom stereocenters. The van der Waals surface area contributed by atoms with Gasteiger partial charge < -0.3 is 10.3 Å². The van der Waals surface area contributed by atoms with Gasteiger partial charge in [-0.25, -0.2) is 14.5 Å². The monoisotopic (exact) mass is 347 g/mol. The first-order chi connectivity index (χ1) is 11.9. The standard InChI is InChI=1S/C15H12F3N7/c1-8(15(16,17)18)22-14-20-7-10-9(6-19-13(10)24-14)11-3-5-25-12(23-11)2-4-21-25/h2-8H,1H3,(H2,19,20,22,24)/t8-/m0/s1. The molecule has 0 aliphatic heterocycles. The van der Waals surface area contributed by atoms with Crippen LogP contribution in [0.3, 0.4) is 0 Å². The number of halogens is 3. The minimum Gasteiger partial charge on any atom is -0.345 e. The zero-order valence-electron chi connectivity index (χ0n) is 12.9. The van der Waals surface area contributed by atoms with Gasteiger partial charge in [-0.3, -0.25) is 0 Å². The van der Waals surface area contributed by atoms with Gasteiger partial charge in [0.1, 0.15) is 11.7 Å². The number of hydrogen-bond donors (Lipinski definition) is 2. The molecule has 2 N–H and O–H groups in total. The number of nitrogens with one attached hydrogen (secondary N) is 2. The molecule has 4 aromatic rings. The smallest absolute Gasteiger partial charge is 0.345 e. The molecule has 0 saturated carbocycles. The van der Waals surface area contributed by atoms with Crippen LogP contribution < -0.4 is 5.32 Å². The Balaban J connectivity index is 1.70. The average molecular weight is 347 g/mol. The maximum Gasteiger partial charge on any atom is 0.408 e. The van der Waals surface area contributed by atoms with Crippen molar-refractivity contribution < 1.29 is 13.2 Å². The fourth-order valence-corrected chi connectivity index (χ4v) is 2.43. The fourth-order valence-electron chi connectivity index (χ4n) is 2.43. The first kappa shape index (κ1) is 15.4. The highest BCUT2D eigenvalue weighted by atomic mass is 19.4. The highest BCUT2D eigenvalue weighted by molar-refractivity contribution is 5.92. The second kappa shape index (κ2) is 5.43. The molecule has 0 spiro atoms. The van der Waals surface area contributed by atoms with E-state index in [1.165, 1.54) is 6.20 Å². The lowest BCUT2D eigenvalue weighted by Gasteiger charge is -2.16. The third-order valence-electron chi connectivity index (χ3n) is 3.80. The highest BCUT2D eigenvalue weighted by Gasteiger charge is 2.36. The van der Waals surface area contributed by atoms with Gasteiger partial charge in [0.2, 0.25) is 5.95 Å². The number of aromatic nitrogens is 6. The van der Waals surface area contributed by atoms with E-state index in [9.17, 15) is 13.2 Å². The minimum absolute atomic E-state index is 0.0927. The zero-order chi connectivity index (χ0) is 17.6. The average Bonchev–Trinajstić information content (AvgIpc) is 3.19. The van der Waals surface area contributed by atoms with Crippen LogP contribution in [0.5, 0.6) is 0 Å². The Morgan fingerprint density at radius 3 is 2.88 bits per heavy atom. The molecule has 0 unspecified atom stereocenters. The van der Waals surface area contributed by atoms with Crippen molar-refractivity contribution in [3.05, 3.63) is 36.9 Å². The highest BCUT2D eigenvalue weighted by Crippen LogP contribution is 2.27. The third kappa shape index (κ3) is 2.75. The van der Waals surface area contributed by atoms with Crippen molar-refractivity contribution in [1.82, 2.24) is 29.5 Å². The Bertz CT molecular complexity index is 1050. The molecule has 10 heteroatoms. The second-order valence-electron chi connectivity index (χ2n) is 5.51. The summed E-state index contributed by atoms with van der Waals surface area (Å²) in [4.78, 5) is 15.5. The lowest BCUT2D eigenvalue weighted by molar-refractivity contribution is -0.138. The quantitative estimate of drug-likeness (QED) is 0.595. The van der Waals surface area contributed by atoms with Crippen molar-refractivity contribution in [1.29, 1.82) is 0 Å². The zero-order valence-corrected chi connectivity index (χ0v) is 12.9. The molecule has 0 aliphatic carbocycles. The third-order valence-corrected chi connectivity index (χ3v) is 3.80. The van der Waals surface area contributed by atoms with Gasteiger partial charge in [0.05, 0.1) is 11.9 Å². The summed E-state index contributed by atoms with van der Waals surface area (Å²) in [6, 6.07) is 1.82. The topological polar surface area (TPSA) is 83.8 Å². The predicted molar refractivity (Wildman–Crippen MR) is 85.0 cm³/mol. The summed E-state index contributed by atoms with van der Waals surface area (Å²) in [5.74, 6) is -0.0927. The molecule has 0 aromatic carbocycles. The second-order valence-corrected chi connectivity index (χ2v) is 5.51. The van der Waals surface area contributed by atoms with Crippen LogP contribution in [0, 0.1) is 0 Å². The van der Waals surface area contributed by atoms with Gasteiger partial charge in [-0.2, -0.15) is 23.3 Å². The Morgan fingerprint density at radius 1 is 1.24 bits per heavy atom. The predicted octanol–water partition coefficient (Wildman–Crippen LogP) is 3.03. The maximum absolute atomic E-state index is 12.6. The van der Waals surface area contributed by atoms with E-state index in [1.807, 2.05) is 0 Å². The first-order valence-corrected chi connectivity index (χ1v) is 7.40. The van der Waals surface area contributed by atoms with Crippen molar-refractivity contribution in [3.8, 4) is 11.3 Å². The molecule has 4 aromatic heterocycles. The van der Waals surface area contributed by atoms with Crippen molar-refractivity contribution in [2.45, 2.75) is 19.1 Å². The molecular formula is C15H12F3N7. The van der Waals surface area contributed by atoms with Crippen LogP contribution in [-0.4, -0.2) is 41.8 Å². The summed E-state index contributed by atoms with van der Waals surface area (Å²) in [5, 5.41) is 7.00. The summed E-state index contributed by atoms with van der Waals surface area (Å²) in [6.07, 6.45) is 2.22. The number of rotatable bonds is 3. The molecule has 0 bridgehead atoms. The van der Waals surface area contributed by atoms with E-state index in [0.717, 1.165) is 12.5 Å². The number of anilines is 1. The Hall–Kier alpha value is -3.17. The van der Waals surface area contributed by atoms with Gasteiger partial charge in [0.15, 0.2) is 5.65 Å². The van der Waals surface area contributed by atoms with Crippen molar-refractivity contribution in [2.75, 3.05) is 5.32 Å². The number of fused-ring (bicyclic) bond motifs is 2. The van der Waals surface area contributed by atoms with E-state index in [1.54, 1.807) is 35.2 Å². The first-order valence-electron chi connectivity index (χ1n) is 7.40.